The van der Waals surface area contributed by atoms with E-state index in [-0.39, 0.29) is 24.7 Å². The van der Waals surface area contributed by atoms with Gasteiger partial charge in [0.1, 0.15) is 12.6 Å². The van der Waals surface area contributed by atoms with Crippen LogP contribution in [0.25, 0.3) is 0 Å². The predicted octanol–water partition coefficient (Wildman–Crippen LogP) is 0.308. The van der Waals surface area contributed by atoms with Crippen molar-refractivity contribution < 1.29 is 57.7 Å². The molecule has 234 valence electrons. The molecule has 0 aromatic heterocycles. The van der Waals surface area contributed by atoms with Crippen molar-refractivity contribution in [1.29, 1.82) is 0 Å². The van der Waals surface area contributed by atoms with E-state index in [1.54, 1.807) is 31.3 Å². The van der Waals surface area contributed by atoms with E-state index in [4.69, 9.17) is 19.9 Å². The van der Waals surface area contributed by atoms with Crippen molar-refractivity contribution in [3.8, 4) is 0 Å². The lowest BCUT2D eigenvalue weighted by Gasteiger charge is -2.46. The van der Waals surface area contributed by atoms with Gasteiger partial charge in [0.15, 0.2) is 12.1 Å². The number of carbonyl (C=O) groups is 1. The topological polar surface area (TPSA) is 184 Å². The van der Waals surface area contributed by atoms with Gasteiger partial charge in [-0.15, -0.1) is 0 Å². The summed E-state index contributed by atoms with van der Waals surface area (Å²) < 4.78 is 55.9. The summed E-state index contributed by atoms with van der Waals surface area (Å²) in [6.07, 6.45) is -12.2. The number of allylic oxidation sites excluding steroid dienone is 1. The van der Waals surface area contributed by atoms with Gasteiger partial charge in [0, 0.05) is 19.3 Å². The maximum atomic E-state index is 12.9. The number of aliphatic hydroxyl groups excluding tert-OH is 4. The maximum Gasteiger partial charge on any atom is 0.405 e. The Morgan fingerprint density at radius 2 is 1.80 bits per heavy atom. The van der Waals surface area contributed by atoms with E-state index in [9.17, 15) is 43.5 Å². The molecule has 0 saturated carbocycles. The molecule has 0 bridgehead atoms. The van der Waals surface area contributed by atoms with Crippen molar-refractivity contribution in [1.82, 2.24) is 5.32 Å². The van der Waals surface area contributed by atoms with Crippen LogP contribution in [0, 0.1) is 17.8 Å². The number of alkyl halides is 3. The number of ether oxygens (including phenoxy) is 3. The molecule has 0 aliphatic carbocycles. The maximum absolute atomic E-state index is 12.9. The Labute approximate surface area is 232 Å². The zero-order valence-corrected chi connectivity index (χ0v) is 23.5. The Hall–Kier alpha value is -1.36. The van der Waals surface area contributed by atoms with E-state index < -0.39 is 91.8 Å². The Bertz CT molecular complexity index is 847. The number of rotatable bonds is 11. The monoisotopic (exact) mass is 586 g/mol. The van der Waals surface area contributed by atoms with Gasteiger partial charge in [0.2, 0.25) is 5.91 Å². The number of hydrogen-bond acceptors (Lipinski definition) is 10. The summed E-state index contributed by atoms with van der Waals surface area (Å²) in [4.78, 5) is 12.9. The van der Waals surface area contributed by atoms with Crippen LogP contribution in [0.3, 0.4) is 0 Å². The SMILES string of the molecule is CC(C)/C=C/[C@@H](C[C@@H]1O[C@](O)(C[C@@H](O)C(C)C)C[C@H](O)[C@H]1C(=O)NCC(F)(F)F)OC1OC(C)C(O)C(N)C1O. The second-order valence-corrected chi connectivity index (χ2v) is 11.6. The summed E-state index contributed by atoms with van der Waals surface area (Å²) in [5.41, 5.74) is 5.90. The third kappa shape index (κ3) is 9.88. The molecular formula is C26H45F3N2O9. The molecule has 0 radical (unpaired) electrons. The van der Waals surface area contributed by atoms with Crippen LogP contribution in [0.1, 0.15) is 53.9 Å². The second-order valence-electron chi connectivity index (χ2n) is 11.6. The number of halogens is 3. The molecular weight excluding hydrogens is 541 g/mol. The van der Waals surface area contributed by atoms with Crippen LogP contribution in [0.15, 0.2) is 12.2 Å². The van der Waals surface area contributed by atoms with Crippen molar-refractivity contribution in [3.63, 3.8) is 0 Å². The van der Waals surface area contributed by atoms with Crippen LogP contribution < -0.4 is 11.1 Å². The molecule has 2 saturated heterocycles. The fourth-order valence-corrected chi connectivity index (χ4v) is 4.75. The minimum absolute atomic E-state index is 0.0215. The Balaban J connectivity index is 2.38. The lowest BCUT2D eigenvalue weighted by atomic mass is 9.81. The van der Waals surface area contributed by atoms with Gasteiger partial charge in [0.25, 0.3) is 0 Å². The van der Waals surface area contributed by atoms with Crippen molar-refractivity contribution in [2.75, 3.05) is 6.54 Å². The van der Waals surface area contributed by atoms with E-state index in [1.807, 2.05) is 13.8 Å². The second kappa shape index (κ2) is 14.2. The van der Waals surface area contributed by atoms with E-state index in [2.05, 4.69) is 0 Å². The minimum Gasteiger partial charge on any atom is -0.393 e. The van der Waals surface area contributed by atoms with Crippen molar-refractivity contribution in [3.05, 3.63) is 12.2 Å². The first-order valence-corrected chi connectivity index (χ1v) is 13.5. The Kier molecular flexibility index (Phi) is 12.4. The van der Waals surface area contributed by atoms with Gasteiger partial charge >= 0.3 is 6.18 Å². The zero-order valence-electron chi connectivity index (χ0n) is 23.5. The predicted molar refractivity (Wildman–Crippen MR) is 136 cm³/mol. The first-order valence-electron chi connectivity index (χ1n) is 13.5. The average Bonchev–Trinajstić information content (AvgIpc) is 2.81. The number of nitrogens with one attached hydrogen (secondary N) is 1. The van der Waals surface area contributed by atoms with E-state index >= 15 is 0 Å². The molecule has 0 aromatic rings. The molecule has 11 atom stereocenters. The molecule has 0 spiro atoms. The number of aliphatic hydroxyl groups is 5. The third-order valence-corrected chi connectivity index (χ3v) is 7.16. The Morgan fingerprint density at radius 3 is 2.35 bits per heavy atom. The number of hydrogen-bond donors (Lipinski definition) is 7. The first-order chi connectivity index (χ1) is 18.3. The summed E-state index contributed by atoms with van der Waals surface area (Å²) in [6.45, 7) is 7.05. The molecule has 40 heavy (non-hydrogen) atoms. The van der Waals surface area contributed by atoms with Gasteiger partial charge in [-0.2, -0.15) is 13.2 Å². The molecule has 0 aromatic carbocycles. The van der Waals surface area contributed by atoms with Gasteiger partial charge < -0.3 is 50.8 Å². The molecule has 5 unspecified atom stereocenters. The van der Waals surface area contributed by atoms with E-state index in [0.717, 1.165) is 0 Å². The number of nitrogens with two attached hydrogens (primary N) is 1. The molecule has 2 aliphatic heterocycles. The minimum atomic E-state index is -4.70. The highest BCUT2D eigenvalue weighted by atomic mass is 19.4. The molecule has 11 nitrogen and oxygen atoms in total. The molecule has 2 aliphatic rings. The quantitative estimate of drug-likeness (QED) is 0.166. The smallest absolute Gasteiger partial charge is 0.393 e. The first kappa shape index (κ1) is 34.8. The van der Waals surface area contributed by atoms with Gasteiger partial charge in [-0.05, 0) is 18.8 Å². The fraction of sp³-hybridized carbons (Fsp3) is 0.885. The van der Waals surface area contributed by atoms with E-state index in [0.29, 0.717) is 0 Å². The van der Waals surface area contributed by atoms with Crippen LogP contribution in [0.2, 0.25) is 0 Å². The summed E-state index contributed by atoms with van der Waals surface area (Å²) in [5.74, 6) is -5.03. The average molecular weight is 587 g/mol. The summed E-state index contributed by atoms with van der Waals surface area (Å²) in [7, 11) is 0. The highest BCUT2D eigenvalue weighted by molar-refractivity contribution is 5.80. The molecule has 1 amide bonds. The zero-order chi connectivity index (χ0) is 30.6. The summed E-state index contributed by atoms with van der Waals surface area (Å²) in [6, 6.07) is -1.10. The number of amides is 1. The summed E-state index contributed by atoms with van der Waals surface area (Å²) >= 11 is 0. The van der Waals surface area contributed by atoms with Crippen LogP contribution in [-0.2, 0) is 19.0 Å². The number of carbonyl (C=O) groups excluding carboxylic acids is 1. The standard InChI is InChI=1S/C26H45F3N2O9/c1-12(2)6-7-15(39-24-22(35)20(30)21(34)14(5)38-24)8-18-19(23(36)31-11-26(27,28)29)17(33)10-25(37,40-18)9-16(32)13(3)4/h6-7,12-22,24,32-35,37H,8-11,30H2,1-5H3,(H,31,36)/b7-6+/t14?,15-,16+,17-,18-,19+,20?,21?,22?,24?,25+/m0/s1. The highest BCUT2D eigenvalue weighted by Gasteiger charge is 2.51. The Morgan fingerprint density at radius 1 is 1.18 bits per heavy atom. The van der Waals surface area contributed by atoms with Gasteiger partial charge in [-0.1, -0.05) is 39.8 Å². The lowest BCUT2D eigenvalue weighted by Crippen LogP contribution is -2.62. The summed E-state index contributed by atoms with van der Waals surface area (Å²) in [5, 5.41) is 54.8. The van der Waals surface area contributed by atoms with Crippen molar-refractivity contribution in [2.45, 2.75) is 121 Å². The van der Waals surface area contributed by atoms with Crippen LogP contribution in [0.4, 0.5) is 13.2 Å². The van der Waals surface area contributed by atoms with Crippen molar-refractivity contribution >= 4 is 5.91 Å². The fourth-order valence-electron chi connectivity index (χ4n) is 4.75. The van der Waals surface area contributed by atoms with Gasteiger partial charge in [0.05, 0.1) is 48.6 Å². The van der Waals surface area contributed by atoms with Crippen molar-refractivity contribution in [2.24, 2.45) is 23.5 Å². The van der Waals surface area contributed by atoms with Gasteiger partial charge in [-0.25, -0.2) is 0 Å². The molecule has 2 rings (SSSR count). The lowest BCUT2D eigenvalue weighted by molar-refractivity contribution is -0.307. The molecule has 14 heteroatoms. The largest absolute Gasteiger partial charge is 0.405 e. The van der Waals surface area contributed by atoms with E-state index in [1.165, 1.54) is 6.92 Å². The third-order valence-electron chi connectivity index (χ3n) is 7.16. The molecule has 2 heterocycles. The van der Waals surface area contributed by atoms with Crippen LogP contribution in [-0.4, -0.2) is 105 Å². The molecule has 2 fully saturated rings. The highest BCUT2D eigenvalue weighted by Crippen LogP contribution is 2.38. The molecule has 8 N–H and O–H groups in total. The van der Waals surface area contributed by atoms with Crippen LogP contribution >= 0.6 is 0 Å². The van der Waals surface area contributed by atoms with Gasteiger partial charge in [-0.3, -0.25) is 4.79 Å². The normalized spacial score (nSPS) is 37.2. The van der Waals surface area contributed by atoms with Crippen LogP contribution in [0.5, 0.6) is 0 Å².